The van der Waals surface area contributed by atoms with Gasteiger partial charge in [-0.15, -0.1) is 0 Å². The maximum atomic E-state index is 13.2. The third kappa shape index (κ3) is 7.21. The summed E-state index contributed by atoms with van der Waals surface area (Å²) in [5, 5.41) is 3.01. The molecule has 0 bridgehead atoms. The van der Waals surface area contributed by atoms with Gasteiger partial charge >= 0.3 is 0 Å². The van der Waals surface area contributed by atoms with E-state index in [-0.39, 0.29) is 24.0 Å². The van der Waals surface area contributed by atoms with Crippen molar-refractivity contribution in [2.24, 2.45) is 0 Å². The Morgan fingerprint density at radius 2 is 1.70 bits per heavy atom. The summed E-state index contributed by atoms with van der Waals surface area (Å²) in [4.78, 5) is 27.7. The number of rotatable bonds is 8. The van der Waals surface area contributed by atoms with E-state index >= 15 is 0 Å². The number of hydrogen-bond donors (Lipinski definition) is 1. The highest BCUT2D eigenvalue weighted by Crippen LogP contribution is 2.16. The average Bonchev–Trinajstić information content (AvgIpc) is 2.66. The van der Waals surface area contributed by atoms with Gasteiger partial charge in [0.2, 0.25) is 5.91 Å². The van der Waals surface area contributed by atoms with E-state index in [2.05, 4.69) is 5.32 Å². The average molecular weight is 411 g/mol. The fourth-order valence-electron chi connectivity index (χ4n) is 3.20. The van der Waals surface area contributed by atoms with Crippen molar-refractivity contribution in [3.8, 4) is 5.75 Å². The fourth-order valence-corrected chi connectivity index (χ4v) is 3.20. The van der Waals surface area contributed by atoms with Crippen molar-refractivity contribution < 1.29 is 14.3 Å². The van der Waals surface area contributed by atoms with E-state index in [4.69, 9.17) is 4.74 Å². The Hall–Kier alpha value is -2.82. The summed E-state index contributed by atoms with van der Waals surface area (Å²) in [5.41, 5.74) is 2.82. The second-order valence-corrected chi connectivity index (χ2v) is 8.78. The Balaban J connectivity index is 2.22. The normalized spacial score (nSPS) is 12.2. The van der Waals surface area contributed by atoms with Gasteiger partial charge in [0.05, 0.1) is 0 Å². The molecule has 0 aromatic heterocycles. The highest BCUT2D eigenvalue weighted by molar-refractivity contribution is 5.88. The maximum absolute atomic E-state index is 13.2. The fraction of sp³-hybridized carbons (Fsp3) is 0.440. The Morgan fingerprint density at radius 1 is 1.03 bits per heavy atom. The maximum Gasteiger partial charge on any atom is 0.261 e. The number of amides is 2. The molecule has 1 N–H and O–H groups in total. The van der Waals surface area contributed by atoms with Crippen molar-refractivity contribution in [3.63, 3.8) is 0 Å². The summed E-state index contributed by atoms with van der Waals surface area (Å²) >= 11 is 0. The predicted molar refractivity (Wildman–Crippen MR) is 120 cm³/mol. The molecule has 30 heavy (non-hydrogen) atoms. The molecule has 1 atom stereocenters. The lowest BCUT2D eigenvalue weighted by Gasteiger charge is -2.33. The zero-order valence-electron chi connectivity index (χ0n) is 19.0. The quantitative estimate of drug-likeness (QED) is 0.701. The van der Waals surface area contributed by atoms with Gasteiger partial charge in [-0.2, -0.15) is 0 Å². The molecule has 0 spiro atoms. The summed E-state index contributed by atoms with van der Waals surface area (Å²) < 4.78 is 5.74. The van der Waals surface area contributed by atoms with Crippen LogP contribution in [0.25, 0.3) is 0 Å². The second kappa shape index (κ2) is 10.3. The van der Waals surface area contributed by atoms with Gasteiger partial charge in [0.1, 0.15) is 11.8 Å². The summed E-state index contributed by atoms with van der Waals surface area (Å²) in [6.45, 7) is 12.0. The first-order valence-electron chi connectivity index (χ1n) is 10.5. The van der Waals surface area contributed by atoms with E-state index in [0.717, 1.165) is 16.7 Å². The van der Waals surface area contributed by atoms with Crippen LogP contribution in [0.5, 0.6) is 5.75 Å². The van der Waals surface area contributed by atoms with Crippen LogP contribution in [0.4, 0.5) is 0 Å². The SMILES string of the molecule is CC[C@H](C(=O)NC(C)(C)C)N(Cc1ccc(C)cc1)C(=O)COc1cccc(C)c1. The van der Waals surface area contributed by atoms with Crippen LogP contribution in [0.15, 0.2) is 48.5 Å². The van der Waals surface area contributed by atoms with Crippen LogP contribution in [0.1, 0.15) is 50.8 Å². The van der Waals surface area contributed by atoms with Crippen molar-refractivity contribution in [3.05, 3.63) is 65.2 Å². The molecule has 0 aliphatic heterocycles. The van der Waals surface area contributed by atoms with Crippen LogP contribution in [0.3, 0.4) is 0 Å². The molecule has 162 valence electrons. The van der Waals surface area contributed by atoms with E-state index in [0.29, 0.717) is 18.7 Å². The minimum absolute atomic E-state index is 0.116. The van der Waals surface area contributed by atoms with Crippen LogP contribution in [0.2, 0.25) is 0 Å². The van der Waals surface area contributed by atoms with Gasteiger partial charge in [-0.1, -0.05) is 48.9 Å². The monoisotopic (exact) mass is 410 g/mol. The molecule has 0 radical (unpaired) electrons. The molecule has 0 heterocycles. The van der Waals surface area contributed by atoms with Crippen LogP contribution < -0.4 is 10.1 Å². The molecule has 0 aliphatic rings. The van der Waals surface area contributed by atoms with Crippen molar-refractivity contribution in [1.82, 2.24) is 10.2 Å². The van der Waals surface area contributed by atoms with Crippen molar-refractivity contribution >= 4 is 11.8 Å². The number of benzene rings is 2. The molecule has 0 unspecified atom stereocenters. The number of aryl methyl sites for hydroxylation is 2. The number of hydrogen-bond acceptors (Lipinski definition) is 3. The lowest BCUT2D eigenvalue weighted by molar-refractivity contribution is -0.143. The van der Waals surface area contributed by atoms with E-state index in [9.17, 15) is 9.59 Å². The van der Waals surface area contributed by atoms with Gasteiger partial charge < -0.3 is 15.0 Å². The zero-order chi connectivity index (χ0) is 22.3. The molecule has 0 aliphatic carbocycles. The summed E-state index contributed by atoms with van der Waals surface area (Å²) in [7, 11) is 0. The van der Waals surface area contributed by atoms with Gasteiger partial charge in [-0.25, -0.2) is 0 Å². The first kappa shape index (κ1) is 23.5. The Kier molecular flexibility index (Phi) is 8.04. The highest BCUT2D eigenvalue weighted by atomic mass is 16.5. The predicted octanol–water partition coefficient (Wildman–Crippen LogP) is 4.40. The van der Waals surface area contributed by atoms with E-state index < -0.39 is 6.04 Å². The van der Waals surface area contributed by atoms with Gasteiger partial charge in [-0.05, 0) is 64.3 Å². The molecule has 2 amide bonds. The van der Waals surface area contributed by atoms with Crippen LogP contribution in [-0.2, 0) is 16.1 Å². The third-order valence-electron chi connectivity index (χ3n) is 4.71. The molecule has 0 fully saturated rings. The second-order valence-electron chi connectivity index (χ2n) is 8.78. The van der Waals surface area contributed by atoms with Crippen LogP contribution >= 0.6 is 0 Å². The minimum atomic E-state index is -0.570. The zero-order valence-corrected chi connectivity index (χ0v) is 19.0. The number of nitrogens with zero attached hydrogens (tertiary/aromatic N) is 1. The molecule has 5 heteroatoms. The Morgan fingerprint density at radius 3 is 2.27 bits per heavy atom. The van der Waals surface area contributed by atoms with Crippen molar-refractivity contribution in [2.75, 3.05) is 6.61 Å². The molecule has 5 nitrogen and oxygen atoms in total. The highest BCUT2D eigenvalue weighted by Gasteiger charge is 2.30. The molecular formula is C25H34N2O3. The van der Waals surface area contributed by atoms with E-state index in [1.165, 1.54) is 0 Å². The summed E-state index contributed by atoms with van der Waals surface area (Å²) in [6.07, 6.45) is 0.518. The van der Waals surface area contributed by atoms with E-state index in [1.54, 1.807) is 4.90 Å². The van der Waals surface area contributed by atoms with Crippen LogP contribution in [-0.4, -0.2) is 34.9 Å². The smallest absolute Gasteiger partial charge is 0.261 e. The molecule has 0 saturated heterocycles. The number of ether oxygens (including phenoxy) is 1. The lowest BCUT2D eigenvalue weighted by Crippen LogP contribution is -2.54. The van der Waals surface area contributed by atoms with Crippen molar-refractivity contribution in [2.45, 2.75) is 66.1 Å². The largest absolute Gasteiger partial charge is 0.484 e. The topological polar surface area (TPSA) is 58.6 Å². The summed E-state index contributed by atoms with van der Waals surface area (Å²) in [5.74, 6) is 0.278. The van der Waals surface area contributed by atoms with E-state index in [1.807, 2.05) is 90.1 Å². The molecule has 0 saturated carbocycles. The van der Waals surface area contributed by atoms with Gasteiger partial charge in [0.15, 0.2) is 6.61 Å². The van der Waals surface area contributed by atoms with Gasteiger partial charge in [-0.3, -0.25) is 9.59 Å². The molecule has 2 rings (SSSR count). The number of carbonyl (C=O) groups is 2. The third-order valence-corrected chi connectivity index (χ3v) is 4.71. The minimum Gasteiger partial charge on any atom is -0.484 e. The Bertz CT molecular complexity index is 853. The summed E-state index contributed by atoms with van der Waals surface area (Å²) in [6, 6.07) is 15.0. The number of carbonyl (C=O) groups excluding carboxylic acids is 2. The standard InChI is InChI=1S/C25H34N2O3/c1-7-22(24(29)26-25(4,5)6)27(16-20-13-11-18(2)12-14-20)23(28)17-30-21-10-8-9-19(3)15-21/h8-15,22H,7,16-17H2,1-6H3,(H,26,29)/t22-/m1/s1. The first-order chi connectivity index (χ1) is 14.1. The van der Waals surface area contributed by atoms with Gasteiger partial charge in [0, 0.05) is 12.1 Å². The molecule has 2 aromatic carbocycles. The molecule has 2 aromatic rings. The van der Waals surface area contributed by atoms with Crippen molar-refractivity contribution in [1.29, 1.82) is 0 Å². The Labute approximate surface area is 180 Å². The number of nitrogens with one attached hydrogen (secondary N) is 1. The van der Waals surface area contributed by atoms with Crippen LogP contribution in [0, 0.1) is 13.8 Å². The molecular weight excluding hydrogens is 376 g/mol. The lowest BCUT2D eigenvalue weighted by atomic mass is 10.1. The van der Waals surface area contributed by atoms with Gasteiger partial charge in [0.25, 0.3) is 5.91 Å². The first-order valence-corrected chi connectivity index (χ1v) is 10.5.